The van der Waals surface area contributed by atoms with Crippen LogP contribution >= 0.6 is 0 Å². The molecule has 0 spiro atoms. The van der Waals surface area contributed by atoms with Crippen molar-refractivity contribution in [3.8, 4) is 11.1 Å². The van der Waals surface area contributed by atoms with Crippen molar-refractivity contribution >= 4 is 17.3 Å². The first-order valence-corrected chi connectivity index (χ1v) is 9.15. The molecule has 2 aromatic carbocycles. The Morgan fingerprint density at radius 2 is 1.80 bits per heavy atom. The highest BCUT2D eigenvalue weighted by Crippen LogP contribution is 2.56. The second-order valence-corrected chi connectivity index (χ2v) is 7.49. The van der Waals surface area contributed by atoms with E-state index in [1.54, 1.807) is 11.0 Å². The quantitative estimate of drug-likeness (QED) is 0.784. The maximum atomic E-state index is 14.2. The lowest BCUT2D eigenvalue weighted by molar-refractivity contribution is -0.119. The van der Waals surface area contributed by atoms with Crippen molar-refractivity contribution in [1.82, 2.24) is 4.90 Å². The second-order valence-electron chi connectivity index (χ2n) is 7.49. The van der Waals surface area contributed by atoms with Gasteiger partial charge in [0.2, 0.25) is 5.91 Å². The van der Waals surface area contributed by atoms with E-state index in [-0.39, 0.29) is 11.7 Å². The summed E-state index contributed by atoms with van der Waals surface area (Å²) in [5.74, 6) is 0.846. The van der Waals surface area contributed by atoms with Gasteiger partial charge in [0, 0.05) is 18.5 Å². The van der Waals surface area contributed by atoms with E-state index in [1.165, 1.54) is 32.0 Å². The normalized spacial score (nSPS) is 26.4. The number of benzene rings is 2. The van der Waals surface area contributed by atoms with Gasteiger partial charge in [-0.3, -0.25) is 9.69 Å². The van der Waals surface area contributed by atoms with Gasteiger partial charge in [-0.2, -0.15) is 0 Å². The minimum atomic E-state index is -0.294. The number of fused-ring (bicyclic) bond motifs is 4. The zero-order valence-electron chi connectivity index (χ0n) is 14.1. The van der Waals surface area contributed by atoms with E-state index in [0.29, 0.717) is 23.9 Å². The number of nitrogens with zero attached hydrogens (tertiary/aromatic N) is 2. The summed E-state index contributed by atoms with van der Waals surface area (Å²) in [5, 5.41) is 0. The average Bonchev–Trinajstić information content (AvgIpc) is 3.40. The van der Waals surface area contributed by atoms with Gasteiger partial charge in [-0.25, -0.2) is 4.39 Å². The molecule has 0 radical (unpaired) electrons. The van der Waals surface area contributed by atoms with Gasteiger partial charge in [0.05, 0.1) is 5.69 Å². The lowest BCUT2D eigenvalue weighted by Crippen LogP contribution is -2.48. The first-order chi connectivity index (χ1) is 12.2. The number of carbonyl (C=O) groups is 1. The standard InChI is InChI=1S/C21H21FN2O/c22-18-7-6-17(15-4-2-1-3-5-15)20-21(18)24(20)19(25)12-16-13-23-10-8-14(16)9-11-23/h1-7,14,16H,8-13H2. The molecule has 0 aromatic heterocycles. The number of amides is 1. The number of hydrogen-bond donors (Lipinski definition) is 0. The van der Waals surface area contributed by atoms with Gasteiger partial charge in [-0.05, 0) is 55.5 Å². The second kappa shape index (κ2) is 5.67. The van der Waals surface area contributed by atoms with Crippen molar-refractivity contribution in [3.05, 3.63) is 48.3 Å². The van der Waals surface area contributed by atoms with Gasteiger partial charge < -0.3 is 4.90 Å². The van der Waals surface area contributed by atoms with Crippen LogP contribution in [-0.4, -0.2) is 30.4 Å². The lowest BCUT2D eigenvalue weighted by atomic mass is 9.77. The summed E-state index contributed by atoms with van der Waals surface area (Å²) in [6.07, 6.45) is 2.94. The summed E-state index contributed by atoms with van der Waals surface area (Å²) in [7, 11) is 0. The third kappa shape index (κ3) is 2.47. The van der Waals surface area contributed by atoms with Gasteiger partial charge in [0.15, 0.2) is 0 Å². The smallest absolute Gasteiger partial charge is 0.232 e. The van der Waals surface area contributed by atoms with Crippen LogP contribution in [0.3, 0.4) is 0 Å². The van der Waals surface area contributed by atoms with Crippen molar-refractivity contribution in [3.63, 3.8) is 0 Å². The topological polar surface area (TPSA) is 23.3 Å². The van der Waals surface area contributed by atoms with Gasteiger partial charge in [-0.1, -0.05) is 30.3 Å². The molecule has 0 aliphatic carbocycles. The van der Waals surface area contributed by atoms with Crippen LogP contribution in [-0.2, 0) is 4.79 Å². The maximum Gasteiger partial charge on any atom is 0.232 e. The predicted octanol–water partition coefficient (Wildman–Crippen LogP) is 4.20. The van der Waals surface area contributed by atoms with Crippen molar-refractivity contribution in [2.45, 2.75) is 19.3 Å². The van der Waals surface area contributed by atoms with E-state index in [9.17, 15) is 9.18 Å². The maximum absolute atomic E-state index is 14.2. The van der Waals surface area contributed by atoms with Crippen LogP contribution in [0.25, 0.3) is 11.1 Å². The number of rotatable bonds is 3. The number of halogens is 1. The molecule has 25 heavy (non-hydrogen) atoms. The van der Waals surface area contributed by atoms with Gasteiger partial charge >= 0.3 is 0 Å². The summed E-state index contributed by atoms with van der Waals surface area (Å²) in [6.45, 7) is 3.37. The Kier molecular flexibility index (Phi) is 3.42. The minimum absolute atomic E-state index is 0.0519. The van der Waals surface area contributed by atoms with Crippen molar-refractivity contribution in [1.29, 1.82) is 0 Å². The van der Waals surface area contributed by atoms with E-state index in [1.807, 2.05) is 30.3 Å². The fourth-order valence-electron chi connectivity index (χ4n) is 4.68. The van der Waals surface area contributed by atoms with Crippen LogP contribution in [0.4, 0.5) is 15.8 Å². The highest BCUT2D eigenvalue weighted by Gasteiger charge is 2.43. The fraction of sp³-hybridized carbons (Fsp3) is 0.381. The van der Waals surface area contributed by atoms with Crippen molar-refractivity contribution < 1.29 is 9.18 Å². The van der Waals surface area contributed by atoms with Crippen molar-refractivity contribution in [2.24, 2.45) is 11.8 Å². The molecule has 3 nitrogen and oxygen atoms in total. The molecular weight excluding hydrogens is 315 g/mol. The molecule has 3 fully saturated rings. The minimum Gasteiger partial charge on any atom is -0.303 e. The summed E-state index contributed by atoms with van der Waals surface area (Å²) in [6, 6.07) is 13.2. The van der Waals surface area contributed by atoms with Crippen LogP contribution < -0.4 is 4.90 Å². The first kappa shape index (κ1) is 15.1. The van der Waals surface area contributed by atoms with E-state index in [4.69, 9.17) is 0 Å². The largest absolute Gasteiger partial charge is 0.303 e. The van der Waals surface area contributed by atoms with Crippen molar-refractivity contribution in [2.75, 3.05) is 24.5 Å². The van der Waals surface area contributed by atoms with Gasteiger partial charge in [0.1, 0.15) is 11.5 Å². The highest BCUT2D eigenvalue weighted by molar-refractivity contribution is 6.20. The summed E-state index contributed by atoms with van der Waals surface area (Å²) < 4.78 is 14.2. The number of hydrogen-bond acceptors (Lipinski definition) is 2. The predicted molar refractivity (Wildman–Crippen MR) is 96.3 cm³/mol. The summed E-state index contributed by atoms with van der Waals surface area (Å²) in [5.41, 5.74) is 3.21. The summed E-state index contributed by atoms with van der Waals surface area (Å²) >= 11 is 0. The molecule has 4 heteroatoms. The number of anilines is 2. The van der Waals surface area contributed by atoms with E-state index < -0.39 is 0 Å². The van der Waals surface area contributed by atoms with E-state index in [2.05, 4.69) is 4.90 Å². The lowest BCUT2D eigenvalue weighted by Gasteiger charge is -2.44. The third-order valence-electron chi connectivity index (χ3n) is 6.06. The molecule has 0 N–H and O–H groups in total. The molecule has 1 amide bonds. The highest BCUT2D eigenvalue weighted by atomic mass is 19.1. The molecule has 128 valence electrons. The first-order valence-electron chi connectivity index (χ1n) is 9.15. The SMILES string of the molecule is O=C(CC1CN2CCC1CC2)N1c2c(F)ccc(-c3ccccc3)c21. The number of piperidine rings is 3. The Labute approximate surface area is 147 Å². The monoisotopic (exact) mass is 336 g/mol. The van der Waals surface area contributed by atoms with Crippen LogP contribution in [0.5, 0.6) is 0 Å². The molecule has 3 saturated heterocycles. The number of carbonyl (C=O) groups excluding carboxylic acids is 1. The molecule has 1 unspecified atom stereocenters. The molecule has 0 saturated carbocycles. The average molecular weight is 336 g/mol. The summed E-state index contributed by atoms with van der Waals surface area (Å²) in [4.78, 5) is 17.0. The molecule has 2 aromatic rings. The molecule has 2 bridgehead atoms. The van der Waals surface area contributed by atoms with Crippen LogP contribution in [0.15, 0.2) is 42.5 Å². The zero-order chi connectivity index (χ0) is 17.0. The zero-order valence-corrected chi connectivity index (χ0v) is 14.1. The Morgan fingerprint density at radius 1 is 1.04 bits per heavy atom. The molecule has 4 aliphatic heterocycles. The van der Waals surface area contributed by atoms with E-state index >= 15 is 0 Å². The van der Waals surface area contributed by atoms with Crippen LogP contribution in [0.1, 0.15) is 19.3 Å². The third-order valence-corrected chi connectivity index (χ3v) is 6.06. The van der Waals surface area contributed by atoms with Gasteiger partial charge in [-0.15, -0.1) is 0 Å². The Bertz CT molecular complexity index is 827. The van der Waals surface area contributed by atoms with Crippen LogP contribution in [0, 0.1) is 17.7 Å². The molecule has 4 aliphatic rings. The molecular formula is C21H21FN2O. The van der Waals surface area contributed by atoms with E-state index in [0.717, 1.165) is 23.4 Å². The molecule has 6 rings (SSSR count). The Hall–Kier alpha value is -2.20. The van der Waals surface area contributed by atoms with Crippen LogP contribution in [0.2, 0.25) is 0 Å². The molecule has 4 heterocycles. The Morgan fingerprint density at radius 3 is 2.48 bits per heavy atom. The fourth-order valence-corrected chi connectivity index (χ4v) is 4.68. The Balaban J connectivity index is 1.39. The molecule has 1 atom stereocenters. The van der Waals surface area contributed by atoms with Gasteiger partial charge in [0.25, 0.3) is 0 Å².